The van der Waals surface area contributed by atoms with E-state index in [1.165, 1.54) is 11.3 Å². The fraction of sp³-hybridized carbons (Fsp3) is 0.167. The first-order chi connectivity index (χ1) is 14.0. The van der Waals surface area contributed by atoms with E-state index in [2.05, 4.69) is 46.9 Å². The molecular weight excluding hydrogens is 378 g/mol. The summed E-state index contributed by atoms with van der Waals surface area (Å²) in [7, 11) is 0. The molecule has 146 valence electrons. The Morgan fingerprint density at radius 3 is 2.52 bits per heavy atom. The molecule has 29 heavy (non-hydrogen) atoms. The van der Waals surface area contributed by atoms with Gasteiger partial charge in [-0.15, -0.1) is 11.3 Å². The SMILES string of the molecule is Cc1cccc(C(=O)Nc2nc(-c3cc(C)n(-c4ccccc4)c3C)cs2)c1C. The lowest BCUT2D eigenvalue weighted by Crippen LogP contribution is -2.13. The Labute approximate surface area is 174 Å². The fourth-order valence-corrected chi connectivity index (χ4v) is 4.32. The number of anilines is 1. The predicted octanol–water partition coefficient (Wildman–Crippen LogP) is 6.09. The Morgan fingerprint density at radius 1 is 1.00 bits per heavy atom. The lowest BCUT2D eigenvalue weighted by atomic mass is 10.0. The van der Waals surface area contributed by atoms with Gasteiger partial charge in [0.2, 0.25) is 0 Å². The number of benzene rings is 2. The molecule has 0 radical (unpaired) electrons. The van der Waals surface area contributed by atoms with Crippen LogP contribution in [0, 0.1) is 27.7 Å². The third-order valence-corrected chi connectivity index (χ3v) is 6.05. The molecule has 0 fully saturated rings. The second kappa shape index (κ2) is 7.68. The van der Waals surface area contributed by atoms with Gasteiger partial charge in [-0.25, -0.2) is 4.98 Å². The number of hydrogen-bond acceptors (Lipinski definition) is 3. The second-order valence-electron chi connectivity index (χ2n) is 7.20. The summed E-state index contributed by atoms with van der Waals surface area (Å²) < 4.78 is 2.23. The highest BCUT2D eigenvalue weighted by atomic mass is 32.1. The van der Waals surface area contributed by atoms with Crippen LogP contribution in [0.15, 0.2) is 60.0 Å². The maximum Gasteiger partial charge on any atom is 0.257 e. The van der Waals surface area contributed by atoms with Gasteiger partial charge in [-0.1, -0.05) is 30.3 Å². The van der Waals surface area contributed by atoms with Crippen molar-refractivity contribution in [3.63, 3.8) is 0 Å². The number of carbonyl (C=O) groups is 1. The zero-order valence-corrected chi connectivity index (χ0v) is 17.8. The van der Waals surface area contributed by atoms with E-state index in [1.54, 1.807) is 0 Å². The highest BCUT2D eigenvalue weighted by Crippen LogP contribution is 2.32. The van der Waals surface area contributed by atoms with Crippen molar-refractivity contribution < 1.29 is 4.79 Å². The molecule has 0 aliphatic heterocycles. The molecule has 1 amide bonds. The van der Waals surface area contributed by atoms with Crippen LogP contribution < -0.4 is 5.32 Å². The summed E-state index contributed by atoms with van der Waals surface area (Å²) in [6, 6.07) is 18.2. The molecule has 0 saturated heterocycles. The average Bonchev–Trinajstić information content (AvgIpc) is 3.28. The van der Waals surface area contributed by atoms with Crippen LogP contribution in [0.1, 0.15) is 32.9 Å². The Morgan fingerprint density at radius 2 is 1.76 bits per heavy atom. The predicted molar refractivity (Wildman–Crippen MR) is 120 cm³/mol. The summed E-state index contributed by atoms with van der Waals surface area (Å²) in [6.45, 7) is 8.17. The summed E-state index contributed by atoms with van der Waals surface area (Å²) in [5.41, 5.74) is 8.15. The van der Waals surface area contributed by atoms with Crippen molar-refractivity contribution in [1.29, 1.82) is 0 Å². The van der Waals surface area contributed by atoms with Crippen LogP contribution in [0.25, 0.3) is 16.9 Å². The maximum absolute atomic E-state index is 12.7. The topological polar surface area (TPSA) is 46.9 Å². The zero-order valence-electron chi connectivity index (χ0n) is 17.0. The summed E-state index contributed by atoms with van der Waals surface area (Å²) in [5, 5.41) is 5.55. The first kappa shape index (κ1) is 19.2. The molecule has 1 N–H and O–H groups in total. The van der Waals surface area contributed by atoms with Gasteiger partial charge in [0.1, 0.15) is 0 Å². The van der Waals surface area contributed by atoms with Crippen LogP contribution in [-0.4, -0.2) is 15.5 Å². The van der Waals surface area contributed by atoms with E-state index >= 15 is 0 Å². The molecular formula is C24H23N3OS. The van der Waals surface area contributed by atoms with Crippen LogP contribution in [-0.2, 0) is 0 Å². The number of nitrogens with zero attached hydrogens (tertiary/aromatic N) is 2. The number of rotatable bonds is 4. The van der Waals surface area contributed by atoms with Crippen molar-refractivity contribution >= 4 is 22.4 Å². The van der Waals surface area contributed by atoms with Gasteiger partial charge in [-0.2, -0.15) is 0 Å². The first-order valence-electron chi connectivity index (χ1n) is 9.53. The lowest BCUT2D eigenvalue weighted by Gasteiger charge is -2.09. The molecule has 0 atom stereocenters. The number of para-hydroxylation sites is 1. The van der Waals surface area contributed by atoms with E-state index in [1.807, 2.05) is 55.6 Å². The molecule has 2 aromatic carbocycles. The van der Waals surface area contributed by atoms with Gasteiger partial charge in [-0.05, 0) is 63.1 Å². The highest BCUT2D eigenvalue weighted by molar-refractivity contribution is 7.14. The Balaban J connectivity index is 1.62. The van der Waals surface area contributed by atoms with Gasteiger partial charge in [0.15, 0.2) is 5.13 Å². The highest BCUT2D eigenvalue weighted by Gasteiger charge is 2.16. The molecule has 2 aromatic heterocycles. The number of aromatic nitrogens is 2. The van der Waals surface area contributed by atoms with Crippen LogP contribution in [0.4, 0.5) is 5.13 Å². The molecule has 4 nitrogen and oxygen atoms in total. The minimum absolute atomic E-state index is 0.123. The van der Waals surface area contributed by atoms with Gasteiger partial charge < -0.3 is 4.57 Å². The van der Waals surface area contributed by atoms with Crippen LogP contribution >= 0.6 is 11.3 Å². The molecule has 0 aliphatic carbocycles. The van der Waals surface area contributed by atoms with Crippen molar-refractivity contribution in [3.8, 4) is 16.9 Å². The number of thiazole rings is 1. The maximum atomic E-state index is 12.7. The average molecular weight is 402 g/mol. The second-order valence-corrected chi connectivity index (χ2v) is 8.05. The van der Waals surface area contributed by atoms with Crippen LogP contribution in [0.3, 0.4) is 0 Å². The van der Waals surface area contributed by atoms with E-state index in [9.17, 15) is 4.79 Å². The van der Waals surface area contributed by atoms with E-state index < -0.39 is 0 Å². The van der Waals surface area contributed by atoms with Crippen molar-refractivity contribution in [2.75, 3.05) is 5.32 Å². The third-order valence-electron chi connectivity index (χ3n) is 5.30. The van der Waals surface area contributed by atoms with Crippen molar-refractivity contribution in [2.24, 2.45) is 0 Å². The zero-order chi connectivity index (χ0) is 20.5. The lowest BCUT2D eigenvalue weighted by molar-refractivity contribution is 0.102. The third kappa shape index (κ3) is 3.61. The van der Waals surface area contributed by atoms with Gasteiger partial charge in [0.05, 0.1) is 5.69 Å². The van der Waals surface area contributed by atoms with Crippen LogP contribution in [0.5, 0.6) is 0 Å². The van der Waals surface area contributed by atoms with Crippen LogP contribution in [0.2, 0.25) is 0 Å². The summed E-state index contributed by atoms with van der Waals surface area (Å²) in [6.07, 6.45) is 0. The molecule has 2 heterocycles. The number of amides is 1. The van der Waals surface area contributed by atoms with E-state index in [0.717, 1.165) is 39.5 Å². The molecule has 5 heteroatoms. The van der Waals surface area contributed by atoms with Crippen molar-refractivity contribution in [1.82, 2.24) is 9.55 Å². The number of carbonyl (C=O) groups excluding carboxylic acids is 1. The van der Waals surface area contributed by atoms with E-state index in [4.69, 9.17) is 0 Å². The summed E-state index contributed by atoms with van der Waals surface area (Å²) in [5.74, 6) is -0.123. The Bertz CT molecular complexity index is 1190. The standard InChI is InChI=1S/C24H23N3OS/c1-15-9-8-12-20(17(15)3)23(28)26-24-25-22(14-29-24)21-13-16(2)27(18(21)4)19-10-6-5-7-11-19/h5-14H,1-4H3,(H,25,26,28). The molecule has 0 spiro atoms. The fourth-order valence-electron chi connectivity index (χ4n) is 3.61. The molecule has 0 bridgehead atoms. The van der Waals surface area contributed by atoms with Gasteiger partial charge >= 0.3 is 0 Å². The molecule has 0 aliphatic rings. The van der Waals surface area contributed by atoms with Gasteiger partial charge in [0.25, 0.3) is 5.91 Å². The molecule has 0 saturated carbocycles. The molecule has 4 rings (SSSR count). The van der Waals surface area contributed by atoms with Gasteiger partial charge in [-0.3, -0.25) is 10.1 Å². The Kier molecular flexibility index (Phi) is 5.07. The molecule has 4 aromatic rings. The first-order valence-corrected chi connectivity index (χ1v) is 10.4. The van der Waals surface area contributed by atoms with E-state index in [0.29, 0.717) is 10.7 Å². The number of nitrogens with one attached hydrogen (secondary N) is 1. The largest absolute Gasteiger partial charge is 0.318 e. The minimum atomic E-state index is -0.123. The van der Waals surface area contributed by atoms with Crippen molar-refractivity contribution in [3.05, 3.63) is 88.1 Å². The minimum Gasteiger partial charge on any atom is -0.318 e. The van der Waals surface area contributed by atoms with E-state index in [-0.39, 0.29) is 5.91 Å². The number of hydrogen-bond donors (Lipinski definition) is 1. The van der Waals surface area contributed by atoms with Crippen molar-refractivity contribution in [2.45, 2.75) is 27.7 Å². The molecule has 0 unspecified atom stereocenters. The monoisotopic (exact) mass is 401 g/mol. The smallest absolute Gasteiger partial charge is 0.257 e. The summed E-state index contributed by atoms with van der Waals surface area (Å²) in [4.78, 5) is 17.4. The summed E-state index contributed by atoms with van der Waals surface area (Å²) >= 11 is 1.44. The quantitative estimate of drug-likeness (QED) is 0.450. The number of aryl methyl sites for hydroxylation is 2. The Hall–Kier alpha value is -3.18. The van der Waals surface area contributed by atoms with Gasteiger partial charge in [0, 0.05) is 33.6 Å². The normalized spacial score (nSPS) is 10.9.